The minimum Gasteiger partial charge on any atom is -0.316 e. The maximum atomic E-state index is 12.0. The maximum Gasteiger partial charge on any atom is 0.150 e. The van der Waals surface area contributed by atoms with Gasteiger partial charge in [-0.1, -0.05) is 19.8 Å². The van der Waals surface area contributed by atoms with Gasteiger partial charge in [-0.2, -0.15) is 0 Å². The minimum absolute atomic E-state index is 0.225. The molecule has 84 valence electrons. The average molecular weight is 207 g/mol. The van der Waals surface area contributed by atoms with Crippen molar-refractivity contribution < 1.29 is 4.79 Å². The molecule has 0 aromatic carbocycles. The van der Waals surface area contributed by atoms with E-state index in [4.69, 9.17) is 0 Å². The van der Waals surface area contributed by atoms with Gasteiger partial charge in [0, 0.05) is 5.41 Å². The molecular weight excluding hydrogens is 186 g/mol. The van der Waals surface area contributed by atoms with Crippen LogP contribution in [0.25, 0.3) is 0 Å². The number of piperidine rings is 1. The van der Waals surface area contributed by atoms with Gasteiger partial charge in [0.25, 0.3) is 0 Å². The second-order valence-electron chi connectivity index (χ2n) is 4.79. The van der Waals surface area contributed by atoms with Crippen molar-refractivity contribution in [2.24, 2.45) is 11.3 Å². The van der Waals surface area contributed by atoms with Crippen LogP contribution in [0.2, 0.25) is 0 Å². The van der Waals surface area contributed by atoms with Gasteiger partial charge in [-0.25, -0.2) is 0 Å². The molecule has 1 aliphatic heterocycles. The summed E-state index contributed by atoms with van der Waals surface area (Å²) in [5.74, 6) is 6.41. The van der Waals surface area contributed by atoms with Crippen molar-refractivity contribution in [3.05, 3.63) is 0 Å². The van der Waals surface area contributed by atoms with E-state index in [2.05, 4.69) is 31.0 Å². The summed E-state index contributed by atoms with van der Waals surface area (Å²) >= 11 is 0. The van der Waals surface area contributed by atoms with Crippen molar-refractivity contribution in [2.45, 2.75) is 40.0 Å². The van der Waals surface area contributed by atoms with E-state index in [1.165, 1.54) is 6.42 Å². The molecule has 0 radical (unpaired) electrons. The molecular formula is C13H21NO. The highest BCUT2D eigenvalue weighted by atomic mass is 16.1. The molecule has 1 atom stereocenters. The number of rotatable bonds is 3. The zero-order valence-corrected chi connectivity index (χ0v) is 10.0. The minimum atomic E-state index is -0.225. The molecule has 0 aromatic heterocycles. The highest BCUT2D eigenvalue weighted by molar-refractivity contribution is 5.86. The maximum absolute atomic E-state index is 12.0. The largest absolute Gasteiger partial charge is 0.316 e. The van der Waals surface area contributed by atoms with E-state index in [0.29, 0.717) is 12.3 Å². The van der Waals surface area contributed by atoms with E-state index >= 15 is 0 Å². The lowest BCUT2D eigenvalue weighted by molar-refractivity contribution is -0.129. The Labute approximate surface area is 92.8 Å². The summed E-state index contributed by atoms with van der Waals surface area (Å²) in [7, 11) is 0. The van der Waals surface area contributed by atoms with Crippen LogP contribution >= 0.6 is 0 Å². The Hall–Kier alpha value is -0.810. The first-order valence-corrected chi connectivity index (χ1v) is 5.72. The van der Waals surface area contributed by atoms with Gasteiger partial charge in [-0.15, -0.1) is 5.92 Å². The fourth-order valence-corrected chi connectivity index (χ4v) is 2.09. The molecule has 1 N–H and O–H groups in total. The summed E-state index contributed by atoms with van der Waals surface area (Å²) in [6.07, 6.45) is 2.74. The van der Waals surface area contributed by atoms with Crippen molar-refractivity contribution in [3.8, 4) is 11.8 Å². The average Bonchev–Trinajstić information content (AvgIpc) is 2.27. The van der Waals surface area contributed by atoms with Crippen molar-refractivity contribution in [2.75, 3.05) is 13.1 Å². The zero-order valence-electron chi connectivity index (χ0n) is 10.0. The number of carbonyl (C=O) groups excluding carboxylic acids is 1. The van der Waals surface area contributed by atoms with Crippen molar-refractivity contribution in [1.82, 2.24) is 5.32 Å². The predicted octanol–water partition coefficient (Wildman–Crippen LogP) is 1.99. The number of carbonyl (C=O) groups is 1. The molecule has 1 fully saturated rings. The topological polar surface area (TPSA) is 29.1 Å². The van der Waals surface area contributed by atoms with Gasteiger partial charge in [-0.3, -0.25) is 4.79 Å². The van der Waals surface area contributed by atoms with Crippen LogP contribution in [0.4, 0.5) is 0 Å². The van der Waals surface area contributed by atoms with Crippen LogP contribution in [-0.4, -0.2) is 18.9 Å². The summed E-state index contributed by atoms with van der Waals surface area (Å²) in [5.41, 5.74) is -0.225. The standard InChI is InChI=1S/C13H21NO/c1-4-5-8-12(15)13(2,3)11-7-6-9-14-10-11/h11,14H,6-10H2,1-3H3. The van der Waals surface area contributed by atoms with Crippen LogP contribution in [0, 0.1) is 23.2 Å². The van der Waals surface area contributed by atoms with Gasteiger partial charge < -0.3 is 5.32 Å². The van der Waals surface area contributed by atoms with Crippen molar-refractivity contribution in [3.63, 3.8) is 0 Å². The van der Waals surface area contributed by atoms with E-state index in [-0.39, 0.29) is 11.2 Å². The van der Waals surface area contributed by atoms with E-state index in [1.807, 2.05) is 0 Å². The Morgan fingerprint density at radius 1 is 1.53 bits per heavy atom. The van der Waals surface area contributed by atoms with Crippen LogP contribution < -0.4 is 5.32 Å². The van der Waals surface area contributed by atoms with Crippen LogP contribution in [0.5, 0.6) is 0 Å². The molecule has 0 aliphatic carbocycles. The molecule has 0 amide bonds. The van der Waals surface area contributed by atoms with Gasteiger partial charge in [0.05, 0.1) is 6.42 Å². The van der Waals surface area contributed by atoms with Crippen molar-refractivity contribution >= 4 is 5.78 Å². The van der Waals surface area contributed by atoms with Gasteiger partial charge in [0.2, 0.25) is 0 Å². The lowest BCUT2D eigenvalue weighted by Gasteiger charge is -2.35. The van der Waals surface area contributed by atoms with Gasteiger partial charge in [0.1, 0.15) is 0 Å². The normalized spacial score (nSPS) is 21.7. The number of nitrogens with one attached hydrogen (secondary N) is 1. The smallest absolute Gasteiger partial charge is 0.150 e. The van der Waals surface area contributed by atoms with Crippen molar-refractivity contribution in [1.29, 1.82) is 0 Å². The molecule has 2 heteroatoms. The molecule has 0 aromatic rings. The summed E-state index contributed by atoms with van der Waals surface area (Å²) in [4.78, 5) is 12.0. The zero-order chi connectivity index (χ0) is 11.3. The fourth-order valence-electron chi connectivity index (χ4n) is 2.09. The number of ketones is 1. The second kappa shape index (κ2) is 5.32. The monoisotopic (exact) mass is 207 g/mol. The number of Topliss-reactive ketones (excluding diaryl/α,β-unsaturated/α-hetero) is 1. The third-order valence-corrected chi connectivity index (χ3v) is 3.46. The lowest BCUT2D eigenvalue weighted by Crippen LogP contribution is -2.42. The predicted molar refractivity (Wildman–Crippen MR) is 62.4 cm³/mol. The molecule has 1 saturated heterocycles. The Kier molecular flexibility index (Phi) is 4.35. The molecule has 0 spiro atoms. The molecule has 1 unspecified atom stereocenters. The third kappa shape index (κ3) is 3.07. The van der Waals surface area contributed by atoms with E-state index < -0.39 is 0 Å². The lowest BCUT2D eigenvalue weighted by atomic mass is 9.71. The van der Waals surface area contributed by atoms with Gasteiger partial charge in [0.15, 0.2) is 5.78 Å². The van der Waals surface area contributed by atoms with Crippen LogP contribution in [0.3, 0.4) is 0 Å². The van der Waals surface area contributed by atoms with Crippen LogP contribution in [0.1, 0.15) is 40.0 Å². The highest BCUT2D eigenvalue weighted by Crippen LogP contribution is 2.33. The number of hydrogen-bond donors (Lipinski definition) is 1. The first kappa shape index (κ1) is 12.3. The molecule has 1 aliphatic rings. The Morgan fingerprint density at radius 2 is 2.27 bits per heavy atom. The molecule has 15 heavy (non-hydrogen) atoms. The van der Waals surface area contributed by atoms with E-state index in [1.54, 1.807) is 6.92 Å². The van der Waals surface area contributed by atoms with Crippen LogP contribution in [0.15, 0.2) is 0 Å². The SMILES string of the molecule is CC#CCC(=O)C(C)(C)C1CCCNC1. The molecule has 0 saturated carbocycles. The van der Waals surface area contributed by atoms with Gasteiger partial charge in [-0.05, 0) is 38.8 Å². The number of hydrogen-bond acceptors (Lipinski definition) is 2. The summed E-state index contributed by atoms with van der Waals surface area (Å²) in [6.45, 7) is 7.96. The van der Waals surface area contributed by atoms with Crippen LogP contribution in [-0.2, 0) is 4.79 Å². The van der Waals surface area contributed by atoms with E-state index in [0.717, 1.165) is 19.5 Å². The molecule has 0 bridgehead atoms. The fraction of sp³-hybridized carbons (Fsp3) is 0.769. The quantitative estimate of drug-likeness (QED) is 0.717. The van der Waals surface area contributed by atoms with Gasteiger partial charge >= 0.3 is 0 Å². The summed E-state index contributed by atoms with van der Waals surface area (Å²) in [5, 5.41) is 3.36. The first-order valence-electron chi connectivity index (χ1n) is 5.72. The molecule has 1 heterocycles. The Balaban J connectivity index is 2.61. The summed E-state index contributed by atoms with van der Waals surface area (Å²) in [6, 6.07) is 0. The second-order valence-corrected chi connectivity index (χ2v) is 4.79. The third-order valence-electron chi connectivity index (χ3n) is 3.46. The van der Waals surface area contributed by atoms with E-state index in [9.17, 15) is 4.79 Å². The molecule has 1 rings (SSSR count). The molecule has 2 nitrogen and oxygen atoms in total. The first-order chi connectivity index (χ1) is 7.09. The highest BCUT2D eigenvalue weighted by Gasteiger charge is 2.36. The Bertz CT molecular complexity index is 277. The Morgan fingerprint density at radius 3 is 2.80 bits per heavy atom. The summed E-state index contributed by atoms with van der Waals surface area (Å²) < 4.78 is 0.